The van der Waals surface area contributed by atoms with Gasteiger partial charge >= 0.3 is 0 Å². The molecule has 2 amide bonds. The molecular formula is C27H30N4O4S. The first-order valence-electron chi connectivity index (χ1n) is 12.3. The number of anilines is 3. The third-order valence-corrected chi connectivity index (χ3v) is 7.77. The fourth-order valence-electron chi connectivity index (χ4n) is 4.73. The summed E-state index contributed by atoms with van der Waals surface area (Å²) >= 11 is 1.44. The van der Waals surface area contributed by atoms with Gasteiger partial charge in [0.15, 0.2) is 16.6 Å². The lowest BCUT2D eigenvalue weighted by molar-refractivity contribution is -0.118. The van der Waals surface area contributed by atoms with Gasteiger partial charge in [-0.2, -0.15) is 0 Å². The Kier molecular flexibility index (Phi) is 6.82. The summed E-state index contributed by atoms with van der Waals surface area (Å²) in [5.74, 6) is 0.502. The zero-order chi connectivity index (χ0) is 25.2. The van der Waals surface area contributed by atoms with Crippen molar-refractivity contribution < 1.29 is 19.1 Å². The summed E-state index contributed by atoms with van der Waals surface area (Å²) in [6.07, 6.45) is 2.49. The van der Waals surface area contributed by atoms with Crippen LogP contribution in [0.2, 0.25) is 0 Å². The molecule has 0 fully saturated rings. The summed E-state index contributed by atoms with van der Waals surface area (Å²) in [4.78, 5) is 34.1. The van der Waals surface area contributed by atoms with Gasteiger partial charge in [-0.1, -0.05) is 0 Å². The number of ether oxygens (including phenoxy) is 2. The Labute approximate surface area is 214 Å². The molecule has 2 heterocycles. The number of benzene rings is 2. The molecule has 2 aromatic carbocycles. The molecule has 36 heavy (non-hydrogen) atoms. The molecule has 3 aromatic rings. The molecule has 1 atom stereocenters. The van der Waals surface area contributed by atoms with Crippen LogP contribution in [0.5, 0.6) is 11.5 Å². The molecule has 5 rings (SSSR count). The van der Waals surface area contributed by atoms with E-state index >= 15 is 0 Å². The van der Waals surface area contributed by atoms with Gasteiger partial charge in [0.05, 0.1) is 11.6 Å². The molecule has 0 radical (unpaired) electrons. The quantitative estimate of drug-likeness (QED) is 0.450. The molecule has 1 aliphatic heterocycles. The number of fused-ring (bicyclic) bond motifs is 2. The number of hydrogen-bond acceptors (Lipinski definition) is 7. The molecule has 1 aromatic heterocycles. The van der Waals surface area contributed by atoms with Crippen LogP contribution in [0.25, 0.3) is 0 Å². The van der Waals surface area contributed by atoms with Crippen LogP contribution < -0.4 is 25.0 Å². The molecule has 0 bridgehead atoms. The Bertz CT molecular complexity index is 1300. The molecule has 2 aliphatic rings. The Morgan fingerprint density at radius 1 is 1.08 bits per heavy atom. The molecule has 2 N–H and O–H groups in total. The number of thiazole rings is 1. The van der Waals surface area contributed by atoms with Crippen molar-refractivity contribution in [1.82, 2.24) is 4.98 Å². The molecule has 8 nitrogen and oxygen atoms in total. The molecule has 0 spiro atoms. The van der Waals surface area contributed by atoms with Gasteiger partial charge < -0.3 is 19.7 Å². The standard InChI is InChI=1S/C27H30N4O4S/c1-4-31(5-2)18-10-11-20(16(3)13-18)28-26(33)19-7-6-8-23-24(19)29-27(36-23)30-25(32)17-9-12-21-22(14-17)35-15-34-21/h9-14,19H,4-8,15H2,1-3H3,(H,28,33)(H,29,30,32). The molecule has 9 heteroatoms. The van der Waals surface area contributed by atoms with E-state index in [1.807, 2.05) is 13.0 Å². The first-order valence-corrected chi connectivity index (χ1v) is 13.2. The van der Waals surface area contributed by atoms with Crippen molar-refractivity contribution in [1.29, 1.82) is 0 Å². The number of hydrogen-bond donors (Lipinski definition) is 2. The lowest BCUT2D eigenvalue weighted by atomic mass is 9.90. The normalized spacial score (nSPS) is 15.8. The second-order valence-corrected chi connectivity index (χ2v) is 10.0. The third-order valence-electron chi connectivity index (χ3n) is 6.72. The van der Waals surface area contributed by atoms with Gasteiger partial charge in [-0.25, -0.2) is 4.98 Å². The van der Waals surface area contributed by atoms with Crippen LogP contribution in [-0.2, 0) is 11.2 Å². The van der Waals surface area contributed by atoms with Gasteiger partial charge in [0.2, 0.25) is 12.7 Å². The number of nitrogens with one attached hydrogen (secondary N) is 2. The van der Waals surface area contributed by atoms with E-state index in [1.165, 1.54) is 11.3 Å². The van der Waals surface area contributed by atoms with E-state index < -0.39 is 0 Å². The van der Waals surface area contributed by atoms with Crippen molar-refractivity contribution in [3.8, 4) is 11.5 Å². The zero-order valence-corrected chi connectivity index (χ0v) is 21.5. The zero-order valence-electron chi connectivity index (χ0n) is 20.7. The minimum atomic E-state index is -0.344. The largest absolute Gasteiger partial charge is 0.454 e. The number of aryl methyl sites for hydroxylation is 2. The van der Waals surface area contributed by atoms with Gasteiger partial charge in [0, 0.05) is 34.9 Å². The van der Waals surface area contributed by atoms with Crippen LogP contribution in [-0.4, -0.2) is 36.7 Å². The van der Waals surface area contributed by atoms with Gasteiger partial charge in [-0.3, -0.25) is 14.9 Å². The molecule has 188 valence electrons. The average molecular weight is 507 g/mol. The molecule has 0 saturated heterocycles. The van der Waals surface area contributed by atoms with E-state index in [-0.39, 0.29) is 24.5 Å². The Morgan fingerprint density at radius 2 is 1.89 bits per heavy atom. The highest BCUT2D eigenvalue weighted by Crippen LogP contribution is 2.38. The van der Waals surface area contributed by atoms with Crippen molar-refractivity contribution in [2.24, 2.45) is 0 Å². The van der Waals surface area contributed by atoms with Crippen LogP contribution in [0.3, 0.4) is 0 Å². The predicted octanol–water partition coefficient (Wildman–Crippen LogP) is 5.34. The molecule has 1 aliphatic carbocycles. The van der Waals surface area contributed by atoms with Gasteiger partial charge in [-0.05, 0) is 82.0 Å². The highest BCUT2D eigenvalue weighted by molar-refractivity contribution is 7.16. The fraction of sp³-hybridized carbons (Fsp3) is 0.370. The highest BCUT2D eigenvalue weighted by atomic mass is 32.1. The average Bonchev–Trinajstić information content (AvgIpc) is 3.52. The number of aromatic nitrogens is 1. The van der Waals surface area contributed by atoms with Gasteiger partial charge in [-0.15, -0.1) is 11.3 Å². The van der Waals surface area contributed by atoms with Crippen molar-refractivity contribution >= 4 is 39.7 Å². The van der Waals surface area contributed by atoms with Gasteiger partial charge in [0.25, 0.3) is 5.91 Å². The first kappa shape index (κ1) is 24.1. The van der Waals surface area contributed by atoms with Crippen LogP contribution >= 0.6 is 11.3 Å². The molecular weight excluding hydrogens is 476 g/mol. The topological polar surface area (TPSA) is 92.8 Å². The summed E-state index contributed by atoms with van der Waals surface area (Å²) in [6.45, 7) is 8.31. The van der Waals surface area contributed by atoms with E-state index in [0.717, 1.165) is 59.9 Å². The minimum Gasteiger partial charge on any atom is -0.454 e. The fourth-order valence-corrected chi connectivity index (χ4v) is 5.79. The highest BCUT2D eigenvalue weighted by Gasteiger charge is 2.31. The van der Waals surface area contributed by atoms with E-state index in [2.05, 4.69) is 46.5 Å². The summed E-state index contributed by atoms with van der Waals surface area (Å²) < 4.78 is 10.7. The number of nitrogens with zero attached hydrogens (tertiary/aromatic N) is 2. The minimum absolute atomic E-state index is 0.0615. The maximum Gasteiger partial charge on any atom is 0.257 e. The smallest absolute Gasteiger partial charge is 0.257 e. The van der Waals surface area contributed by atoms with Crippen LogP contribution in [0.15, 0.2) is 36.4 Å². The van der Waals surface area contributed by atoms with Crippen molar-refractivity contribution in [3.05, 3.63) is 58.1 Å². The Morgan fingerprint density at radius 3 is 2.67 bits per heavy atom. The number of carbonyl (C=O) groups excluding carboxylic acids is 2. The Hall–Kier alpha value is -3.59. The maximum absolute atomic E-state index is 13.3. The van der Waals surface area contributed by atoms with E-state index in [4.69, 9.17) is 9.47 Å². The van der Waals surface area contributed by atoms with Crippen molar-refractivity contribution in [2.75, 3.05) is 35.4 Å². The van der Waals surface area contributed by atoms with Crippen LogP contribution in [0.1, 0.15) is 59.1 Å². The lowest BCUT2D eigenvalue weighted by Gasteiger charge is -2.23. The number of amides is 2. The number of rotatable bonds is 7. The monoisotopic (exact) mass is 506 g/mol. The van der Waals surface area contributed by atoms with Crippen molar-refractivity contribution in [3.63, 3.8) is 0 Å². The Balaban J connectivity index is 1.29. The maximum atomic E-state index is 13.3. The summed E-state index contributed by atoms with van der Waals surface area (Å²) in [5.41, 5.74) is 4.22. The predicted molar refractivity (Wildman–Crippen MR) is 142 cm³/mol. The van der Waals surface area contributed by atoms with Crippen molar-refractivity contribution in [2.45, 2.75) is 46.0 Å². The first-order chi connectivity index (χ1) is 17.5. The SMILES string of the molecule is CCN(CC)c1ccc(NC(=O)C2CCCc3sc(NC(=O)c4ccc5c(c4)OCO5)nc32)c(C)c1. The lowest BCUT2D eigenvalue weighted by Crippen LogP contribution is -2.25. The van der Waals surface area contributed by atoms with Gasteiger partial charge in [0.1, 0.15) is 0 Å². The molecule has 1 unspecified atom stereocenters. The summed E-state index contributed by atoms with van der Waals surface area (Å²) in [6, 6.07) is 11.2. The van der Waals surface area contributed by atoms with E-state index in [9.17, 15) is 9.59 Å². The molecule has 0 saturated carbocycles. The van der Waals surface area contributed by atoms with E-state index in [0.29, 0.717) is 22.2 Å². The number of carbonyl (C=O) groups is 2. The second kappa shape index (κ2) is 10.2. The summed E-state index contributed by atoms with van der Waals surface area (Å²) in [7, 11) is 0. The van der Waals surface area contributed by atoms with E-state index in [1.54, 1.807) is 18.2 Å². The van der Waals surface area contributed by atoms with Crippen LogP contribution in [0.4, 0.5) is 16.5 Å². The van der Waals surface area contributed by atoms with Crippen LogP contribution in [0, 0.1) is 6.92 Å². The summed E-state index contributed by atoms with van der Waals surface area (Å²) in [5, 5.41) is 6.51. The second-order valence-electron chi connectivity index (χ2n) is 8.96. The third kappa shape index (κ3) is 4.75.